The summed E-state index contributed by atoms with van der Waals surface area (Å²) < 4.78 is 1.20. The normalized spacial score (nSPS) is 12.6. The van der Waals surface area contributed by atoms with Crippen LogP contribution in [0.25, 0.3) is 0 Å². The monoisotopic (exact) mass is 355 g/mol. The van der Waals surface area contributed by atoms with Crippen LogP contribution in [0.2, 0.25) is 0 Å². The van der Waals surface area contributed by atoms with E-state index < -0.39 is 0 Å². The Morgan fingerprint density at radius 1 is 1.21 bits per heavy atom. The number of hydrogen-bond donors (Lipinski definition) is 1. The molecule has 1 nitrogen and oxygen atoms in total. The summed E-state index contributed by atoms with van der Waals surface area (Å²) in [6.07, 6.45) is 1.03. The first-order chi connectivity index (χ1) is 9.22. The molecule has 0 saturated heterocycles. The molecule has 2 rings (SSSR count). The van der Waals surface area contributed by atoms with Gasteiger partial charge in [0, 0.05) is 22.2 Å². The maximum atomic E-state index is 3.52. The number of rotatable bonds is 6. The molecule has 0 amide bonds. The number of hydrogen-bond acceptors (Lipinski definition) is 3. The Kier molecular flexibility index (Phi) is 5.95. The largest absolute Gasteiger partial charge is 0.313 e. The Hall–Kier alpha value is -0.290. The summed E-state index contributed by atoms with van der Waals surface area (Å²) in [5.41, 5.74) is 1.35. The lowest BCUT2D eigenvalue weighted by atomic mass is 10.0. The number of thioether (sulfide) groups is 1. The summed E-state index contributed by atoms with van der Waals surface area (Å²) in [5, 5.41) is 3.41. The quantitative estimate of drug-likeness (QED) is 0.721. The molecule has 0 aliphatic carbocycles. The topological polar surface area (TPSA) is 12.0 Å². The first-order valence-corrected chi connectivity index (χ1v) is 8.96. The maximum absolute atomic E-state index is 3.52. The van der Waals surface area contributed by atoms with Gasteiger partial charge in [-0.25, -0.2) is 0 Å². The van der Waals surface area contributed by atoms with E-state index in [0.29, 0.717) is 6.04 Å². The zero-order valence-corrected chi connectivity index (χ0v) is 14.4. The van der Waals surface area contributed by atoms with E-state index in [0.717, 1.165) is 12.2 Å². The average molecular weight is 356 g/mol. The molecule has 2 aromatic rings. The van der Waals surface area contributed by atoms with E-state index in [4.69, 9.17) is 0 Å². The fourth-order valence-electron chi connectivity index (χ4n) is 2.01. The fourth-order valence-corrected chi connectivity index (χ4v) is 4.20. The van der Waals surface area contributed by atoms with Gasteiger partial charge in [-0.3, -0.25) is 0 Å². The predicted octanol–water partition coefficient (Wildman–Crippen LogP) is 5.13. The van der Waals surface area contributed by atoms with Crippen LogP contribution in [0.5, 0.6) is 0 Å². The van der Waals surface area contributed by atoms with Crippen molar-refractivity contribution in [2.75, 3.05) is 12.8 Å². The van der Waals surface area contributed by atoms with Crippen molar-refractivity contribution in [3.8, 4) is 0 Å². The van der Waals surface area contributed by atoms with Gasteiger partial charge in [0.1, 0.15) is 0 Å². The second-order valence-electron chi connectivity index (χ2n) is 4.25. The van der Waals surface area contributed by atoms with Crippen molar-refractivity contribution < 1.29 is 0 Å². The van der Waals surface area contributed by atoms with Gasteiger partial charge in [0.25, 0.3) is 0 Å². The first kappa shape index (κ1) is 15.1. The van der Waals surface area contributed by atoms with E-state index in [2.05, 4.69) is 64.6 Å². The maximum Gasteiger partial charge on any atom is 0.0701 e. The molecule has 0 radical (unpaired) electrons. The van der Waals surface area contributed by atoms with Crippen LogP contribution in [-0.2, 0) is 6.42 Å². The van der Waals surface area contributed by atoms with Crippen LogP contribution in [0.1, 0.15) is 23.4 Å². The summed E-state index contributed by atoms with van der Waals surface area (Å²) in [4.78, 5) is 2.75. The summed E-state index contributed by atoms with van der Waals surface area (Å²) in [5.74, 6) is 1.12. The highest BCUT2D eigenvalue weighted by Crippen LogP contribution is 2.28. The average Bonchev–Trinajstić information content (AvgIpc) is 2.83. The molecule has 1 heterocycles. The van der Waals surface area contributed by atoms with Gasteiger partial charge in [-0.1, -0.05) is 19.1 Å². The zero-order valence-electron chi connectivity index (χ0n) is 11.2. The SMILES string of the molecule is CCSc1ccc(C(Cc2ccc(Br)s2)NC)cc1. The molecule has 1 aromatic heterocycles. The number of likely N-dealkylation sites (N-methyl/N-ethyl adjacent to an activating group) is 1. The second-order valence-corrected chi connectivity index (χ2v) is 8.14. The van der Waals surface area contributed by atoms with Crippen LogP contribution in [0.3, 0.4) is 0 Å². The molecule has 1 unspecified atom stereocenters. The molecule has 4 heteroatoms. The molecule has 1 atom stereocenters. The molecule has 1 aromatic carbocycles. The lowest BCUT2D eigenvalue weighted by Crippen LogP contribution is -2.18. The minimum Gasteiger partial charge on any atom is -0.313 e. The fraction of sp³-hybridized carbons (Fsp3) is 0.333. The lowest BCUT2D eigenvalue weighted by molar-refractivity contribution is 0.596. The predicted molar refractivity (Wildman–Crippen MR) is 90.4 cm³/mol. The van der Waals surface area contributed by atoms with E-state index in [1.807, 2.05) is 30.1 Å². The zero-order chi connectivity index (χ0) is 13.7. The van der Waals surface area contributed by atoms with E-state index in [1.54, 1.807) is 0 Å². The number of nitrogens with one attached hydrogen (secondary N) is 1. The van der Waals surface area contributed by atoms with E-state index in [9.17, 15) is 0 Å². The van der Waals surface area contributed by atoms with Crippen molar-refractivity contribution >= 4 is 39.0 Å². The van der Waals surface area contributed by atoms with Crippen LogP contribution in [0.4, 0.5) is 0 Å². The van der Waals surface area contributed by atoms with Crippen LogP contribution in [0, 0.1) is 0 Å². The van der Waals surface area contributed by atoms with Crippen LogP contribution in [0.15, 0.2) is 45.1 Å². The van der Waals surface area contributed by atoms with Gasteiger partial charge in [-0.2, -0.15) is 0 Å². The highest BCUT2D eigenvalue weighted by molar-refractivity contribution is 9.11. The van der Waals surface area contributed by atoms with Crippen molar-refractivity contribution in [3.05, 3.63) is 50.6 Å². The van der Waals surface area contributed by atoms with Crippen LogP contribution in [-0.4, -0.2) is 12.8 Å². The van der Waals surface area contributed by atoms with E-state index in [1.165, 1.54) is 19.1 Å². The number of thiophene rings is 1. The third-order valence-electron chi connectivity index (χ3n) is 2.98. The third kappa shape index (κ3) is 4.35. The van der Waals surface area contributed by atoms with Crippen LogP contribution < -0.4 is 5.32 Å². The minimum atomic E-state index is 0.381. The Morgan fingerprint density at radius 2 is 1.95 bits per heavy atom. The van der Waals surface area contributed by atoms with Gasteiger partial charge in [0.15, 0.2) is 0 Å². The van der Waals surface area contributed by atoms with Crippen molar-refractivity contribution in [3.63, 3.8) is 0 Å². The lowest BCUT2D eigenvalue weighted by Gasteiger charge is -2.16. The standard InChI is InChI=1S/C15H18BrNS2/c1-3-18-12-6-4-11(5-7-12)14(17-2)10-13-8-9-15(16)19-13/h4-9,14,17H,3,10H2,1-2H3. The highest BCUT2D eigenvalue weighted by atomic mass is 79.9. The Labute approximate surface area is 131 Å². The summed E-state index contributed by atoms with van der Waals surface area (Å²) in [6.45, 7) is 2.18. The van der Waals surface area contributed by atoms with Crippen molar-refractivity contribution in [2.45, 2.75) is 24.3 Å². The molecule has 0 spiro atoms. The summed E-state index contributed by atoms with van der Waals surface area (Å²) >= 11 is 7.22. The molecule has 19 heavy (non-hydrogen) atoms. The van der Waals surface area contributed by atoms with Crippen LogP contribution >= 0.6 is 39.0 Å². The molecule has 0 fully saturated rings. The highest BCUT2D eigenvalue weighted by Gasteiger charge is 2.11. The van der Waals surface area contributed by atoms with Crippen molar-refractivity contribution in [1.82, 2.24) is 5.32 Å². The Morgan fingerprint density at radius 3 is 2.47 bits per heavy atom. The number of benzene rings is 1. The first-order valence-electron chi connectivity index (χ1n) is 6.37. The van der Waals surface area contributed by atoms with E-state index >= 15 is 0 Å². The molecule has 102 valence electrons. The smallest absolute Gasteiger partial charge is 0.0701 e. The van der Waals surface area contributed by atoms with Gasteiger partial charge in [0.05, 0.1) is 3.79 Å². The molecular weight excluding hydrogens is 338 g/mol. The minimum absolute atomic E-state index is 0.381. The molecule has 1 N–H and O–H groups in total. The van der Waals surface area contributed by atoms with Crippen molar-refractivity contribution in [2.24, 2.45) is 0 Å². The van der Waals surface area contributed by atoms with Gasteiger partial charge < -0.3 is 5.32 Å². The third-order valence-corrected chi connectivity index (χ3v) is 5.52. The molecule has 0 aliphatic heterocycles. The summed E-state index contributed by atoms with van der Waals surface area (Å²) in [6, 6.07) is 13.6. The van der Waals surface area contributed by atoms with Gasteiger partial charge in [-0.15, -0.1) is 23.1 Å². The number of halogens is 1. The molecule has 0 aliphatic rings. The molecule has 0 saturated carbocycles. The Balaban J connectivity index is 2.08. The van der Waals surface area contributed by atoms with E-state index in [-0.39, 0.29) is 0 Å². The molecule has 0 bridgehead atoms. The summed E-state index contributed by atoms with van der Waals surface area (Å²) in [7, 11) is 2.03. The van der Waals surface area contributed by atoms with Gasteiger partial charge >= 0.3 is 0 Å². The van der Waals surface area contributed by atoms with Crippen molar-refractivity contribution in [1.29, 1.82) is 0 Å². The van der Waals surface area contributed by atoms with Gasteiger partial charge in [0.2, 0.25) is 0 Å². The second kappa shape index (κ2) is 7.48. The molecular formula is C15H18BrNS2. The Bertz CT molecular complexity index is 507. The van der Waals surface area contributed by atoms with Gasteiger partial charge in [-0.05, 0) is 58.6 Å².